The quantitative estimate of drug-likeness (QED) is 0.0266. The summed E-state index contributed by atoms with van der Waals surface area (Å²) in [5.41, 5.74) is 5.34. The number of phosphoric acid groups is 1. The monoisotopic (exact) mass is 850 g/mol. The van der Waals surface area contributed by atoms with Gasteiger partial charge in [-0.05, 0) is 57.8 Å². The van der Waals surface area contributed by atoms with Gasteiger partial charge in [-0.25, -0.2) is 4.57 Å². The largest absolute Gasteiger partial charge is 0.472 e. The summed E-state index contributed by atoms with van der Waals surface area (Å²) in [6.45, 7) is 3.57. The molecular formula is C49H88NO8P. The molecule has 0 rings (SSSR count). The maximum Gasteiger partial charge on any atom is 0.472 e. The van der Waals surface area contributed by atoms with E-state index >= 15 is 0 Å². The molecule has 2 unspecified atom stereocenters. The van der Waals surface area contributed by atoms with Gasteiger partial charge in [0.25, 0.3) is 0 Å². The Hall–Kier alpha value is -2.29. The SMILES string of the molecule is CC/C=C\C/C=C\C/C=C\C/C=C\C/C=C\CCCCCCCCCCCCCCCCCC(=O)OC(COC(=O)CCCCCCCCC)COP(=O)(O)OCCN. The smallest absolute Gasteiger partial charge is 0.462 e. The minimum Gasteiger partial charge on any atom is -0.462 e. The van der Waals surface area contributed by atoms with Crippen LogP contribution in [0.15, 0.2) is 60.8 Å². The number of carbonyl (C=O) groups excluding carboxylic acids is 2. The minimum absolute atomic E-state index is 0.0531. The fraction of sp³-hybridized carbons (Fsp3) is 0.755. The van der Waals surface area contributed by atoms with Crippen LogP contribution in [0.3, 0.4) is 0 Å². The van der Waals surface area contributed by atoms with E-state index in [1.54, 1.807) is 0 Å². The number of allylic oxidation sites excluding steroid dienone is 10. The molecule has 0 saturated carbocycles. The molecule has 0 fully saturated rings. The van der Waals surface area contributed by atoms with Gasteiger partial charge in [-0.1, -0.05) is 197 Å². The molecule has 10 heteroatoms. The van der Waals surface area contributed by atoms with E-state index in [1.165, 1.54) is 103 Å². The Labute approximate surface area is 361 Å². The standard InChI is InChI=1S/C49H88NO8P/c1-3-5-7-9-11-12-13-14-15-16-17-18-19-20-21-22-23-24-25-26-27-28-29-30-31-32-33-34-36-38-40-42-49(52)58-47(46-57-59(53,54)56-44-43-50)45-55-48(51)41-39-37-35-10-8-6-4-2/h5,7,11-12,14-15,17-18,20-21,47H,3-4,6,8-10,13,16,19,22-46,50H2,1-2H3,(H,53,54)/b7-5-,12-11-,15-14-,18-17-,21-20-. The summed E-state index contributed by atoms with van der Waals surface area (Å²) in [4.78, 5) is 34.7. The summed E-state index contributed by atoms with van der Waals surface area (Å²) in [7, 11) is -4.37. The Balaban J connectivity index is 3.86. The van der Waals surface area contributed by atoms with Crippen LogP contribution in [0.2, 0.25) is 0 Å². The van der Waals surface area contributed by atoms with E-state index in [4.69, 9.17) is 24.3 Å². The number of nitrogens with two attached hydrogens (primary N) is 1. The van der Waals surface area contributed by atoms with Crippen LogP contribution in [0.4, 0.5) is 0 Å². The van der Waals surface area contributed by atoms with Crippen LogP contribution in [0, 0.1) is 0 Å². The van der Waals surface area contributed by atoms with Gasteiger partial charge in [-0.2, -0.15) is 0 Å². The Bertz CT molecular complexity index is 1150. The number of hydrogen-bond acceptors (Lipinski definition) is 8. The van der Waals surface area contributed by atoms with Gasteiger partial charge >= 0.3 is 19.8 Å². The van der Waals surface area contributed by atoms with E-state index in [0.29, 0.717) is 6.42 Å². The lowest BCUT2D eigenvalue weighted by molar-refractivity contribution is -0.161. The minimum atomic E-state index is -4.37. The van der Waals surface area contributed by atoms with Crippen molar-refractivity contribution in [3.8, 4) is 0 Å². The molecule has 0 aliphatic rings. The zero-order valence-corrected chi connectivity index (χ0v) is 38.6. The van der Waals surface area contributed by atoms with Crippen LogP contribution in [0.5, 0.6) is 0 Å². The molecule has 0 aromatic rings. The van der Waals surface area contributed by atoms with Gasteiger partial charge in [0.2, 0.25) is 0 Å². The number of hydrogen-bond donors (Lipinski definition) is 2. The van der Waals surface area contributed by atoms with Crippen molar-refractivity contribution in [2.75, 3.05) is 26.4 Å². The first kappa shape index (κ1) is 56.7. The van der Waals surface area contributed by atoms with Crippen molar-refractivity contribution in [1.29, 1.82) is 0 Å². The Kier molecular flexibility index (Phi) is 43.5. The molecule has 0 heterocycles. The second-order valence-corrected chi connectivity index (χ2v) is 17.1. The predicted molar refractivity (Wildman–Crippen MR) is 247 cm³/mol. The number of ether oxygens (including phenoxy) is 2. The second-order valence-electron chi connectivity index (χ2n) is 15.6. The van der Waals surface area contributed by atoms with E-state index in [-0.39, 0.29) is 38.6 Å². The summed E-state index contributed by atoms with van der Waals surface area (Å²) in [6.07, 6.45) is 54.4. The van der Waals surface area contributed by atoms with Crippen molar-refractivity contribution in [2.45, 2.75) is 213 Å². The molecule has 0 radical (unpaired) electrons. The van der Waals surface area contributed by atoms with Gasteiger partial charge in [-0.15, -0.1) is 0 Å². The van der Waals surface area contributed by atoms with Gasteiger partial charge in [0.1, 0.15) is 6.61 Å². The van der Waals surface area contributed by atoms with E-state index < -0.39 is 26.5 Å². The number of unbranched alkanes of at least 4 members (excludes halogenated alkanes) is 21. The highest BCUT2D eigenvalue weighted by Gasteiger charge is 2.26. The molecule has 0 aromatic heterocycles. The summed E-state index contributed by atoms with van der Waals surface area (Å²) in [5, 5.41) is 0. The lowest BCUT2D eigenvalue weighted by Crippen LogP contribution is -2.29. The van der Waals surface area contributed by atoms with Crippen molar-refractivity contribution in [3.05, 3.63) is 60.8 Å². The average Bonchev–Trinajstić information content (AvgIpc) is 3.22. The van der Waals surface area contributed by atoms with Crippen molar-refractivity contribution in [1.82, 2.24) is 0 Å². The molecule has 3 N–H and O–H groups in total. The van der Waals surface area contributed by atoms with Crippen molar-refractivity contribution in [3.63, 3.8) is 0 Å². The third kappa shape index (κ3) is 45.1. The third-order valence-corrected chi connectivity index (χ3v) is 10.9. The predicted octanol–water partition coefficient (Wildman–Crippen LogP) is 14.1. The maximum absolute atomic E-state index is 12.6. The normalized spacial score (nSPS) is 13.8. The Morgan fingerprint density at radius 3 is 1.39 bits per heavy atom. The van der Waals surface area contributed by atoms with Gasteiger partial charge in [0, 0.05) is 19.4 Å². The van der Waals surface area contributed by atoms with Crippen LogP contribution < -0.4 is 5.73 Å². The first-order valence-corrected chi connectivity index (χ1v) is 25.3. The molecule has 0 amide bonds. The first-order chi connectivity index (χ1) is 28.8. The lowest BCUT2D eigenvalue weighted by Gasteiger charge is -2.19. The molecule has 2 atom stereocenters. The summed E-state index contributed by atoms with van der Waals surface area (Å²) >= 11 is 0. The average molecular weight is 850 g/mol. The third-order valence-electron chi connectivity index (χ3n) is 9.92. The highest BCUT2D eigenvalue weighted by molar-refractivity contribution is 7.47. The summed E-state index contributed by atoms with van der Waals surface area (Å²) in [6, 6.07) is 0. The second kappa shape index (κ2) is 45.2. The molecule has 0 aromatic carbocycles. The van der Waals surface area contributed by atoms with E-state index in [1.807, 2.05) is 0 Å². The summed E-state index contributed by atoms with van der Waals surface area (Å²) < 4.78 is 32.7. The van der Waals surface area contributed by atoms with Crippen LogP contribution in [0.1, 0.15) is 206 Å². The molecule has 0 aliphatic carbocycles. The number of phosphoric ester groups is 1. The van der Waals surface area contributed by atoms with Gasteiger partial charge in [0.05, 0.1) is 13.2 Å². The lowest BCUT2D eigenvalue weighted by atomic mass is 10.0. The van der Waals surface area contributed by atoms with Gasteiger partial charge in [-0.3, -0.25) is 18.6 Å². The first-order valence-electron chi connectivity index (χ1n) is 23.8. The molecule has 9 nitrogen and oxygen atoms in total. The van der Waals surface area contributed by atoms with Crippen molar-refractivity contribution >= 4 is 19.8 Å². The summed E-state index contributed by atoms with van der Waals surface area (Å²) in [5.74, 6) is -0.833. The molecule has 0 aliphatic heterocycles. The molecule has 0 spiro atoms. The van der Waals surface area contributed by atoms with Crippen LogP contribution in [-0.4, -0.2) is 49.3 Å². The Morgan fingerprint density at radius 2 is 0.932 bits per heavy atom. The molecule has 342 valence electrons. The number of rotatable bonds is 44. The van der Waals surface area contributed by atoms with Crippen LogP contribution >= 0.6 is 7.82 Å². The topological polar surface area (TPSA) is 134 Å². The van der Waals surface area contributed by atoms with Gasteiger partial charge < -0.3 is 20.1 Å². The highest BCUT2D eigenvalue weighted by Crippen LogP contribution is 2.43. The molecule has 59 heavy (non-hydrogen) atoms. The van der Waals surface area contributed by atoms with Crippen molar-refractivity contribution < 1.29 is 37.6 Å². The van der Waals surface area contributed by atoms with E-state index in [2.05, 4.69) is 74.6 Å². The molecule has 0 bridgehead atoms. The van der Waals surface area contributed by atoms with Crippen molar-refractivity contribution in [2.24, 2.45) is 5.73 Å². The fourth-order valence-corrected chi connectivity index (χ4v) is 7.19. The van der Waals surface area contributed by atoms with E-state index in [9.17, 15) is 19.0 Å². The number of carbonyl (C=O) groups is 2. The molecule has 0 saturated heterocycles. The van der Waals surface area contributed by atoms with Crippen LogP contribution in [0.25, 0.3) is 0 Å². The van der Waals surface area contributed by atoms with Crippen LogP contribution in [-0.2, 0) is 32.7 Å². The Morgan fingerprint density at radius 1 is 0.525 bits per heavy atom. The fourth-order valence-electron chi connectivity index (χ4n) is 6.43. The highest BCUT2D eigenvalue weighted by atomic mass is 31.2. The molecular weight excluding hydrogens is 762 g/mol. The zero-order valence-electron chi connectivity index (χ0n) is 37.7. The van der Waals surface area contributed by atoms with E-state index in [0.717, 1.165) is 70.6 Å². The maximum atomic E-state index is 12.6. The number of esters is 2. The zero-order chi connectivity index (χ0) is 43.2. The van der Waals surface area contributed by atoms with Gasteiger partial charge in [0.15, 0.2) is 6.10 Å².